The van der Waals surface area contributed by atoms with Crippen LogP contribution in [-0.4, -0.2) is 23.2 Å². The van der Waals surface area contributed by atoms with E-state index < -0.39 is 11.7 Å². The van der Waals surface area contributed by atoms with Crippen LogP contribution in [0.2, 0.25) is 0 Å². The van der Waals surface area contributed by atoms with Crippen molar-refractivity contribution in [1.82, 2.24) is 15.5 Å². The summed E-state index contributed by atoms with van der Waals surface area (Å²) in [7, 11) is 1.53. The second-order valence-electron chi connectivity index (χ2n) is 5.49. The number of amides is 1. The van der Waals surface area contributed by atoms with Crippen molar-refractivity contribution < 1.29 is 18.0 Å². The van der Waals surface area contributed by atoms with Crippen molar-refractivity contribution in [3.63, 3.8) is 0 Å². The number of hydrogen-bond donors (Lipinski definition) is 3. The molecule has 3 rings (SSSR count). The van der Waals surface area contributed by atoms with Crippen LogP contribution in [0.15, 0.2) is 42.6 Å². The third-order valence-electron chi connectivity index (χ3n) is 3.79. The summed E-state index contributed by atoms with van der Waals surface area (Å²) in [6, 6.07) is 8.95. The largest absolute Gasteiger partial charge is 0.416 e. The number of aromatic nitrogens is 2. The molecule has 0 aliphatic heterocycles. The lowest BCUT2D eigenvalue weighted by atomic mass is 10.1. The second kappa shape index (κ2) is 6.46. The molecule has 3 N–H and O–H groups in total. The van der Waals surface area contributed by atoms with Gasteiger partial charge in [0.1, 0.15) is 0 Å². The Morgan fingerprint density at radius 1 is 1.24 bits per heavy atom. The highest BCUT2D eigenvalue weighted by Gasteiger charge is 2.31. The predicted molar refractivity (Wildman–Crippen MR) is 88.3 cm³/mol. The number of halogens is 3. The highest BCUT2D eigenvalue weighted by atomic mass is 19.4. The summed E-state index contributed by atoms with van der Waals surface area (Å²) in [6.07, 6.45) is -2.98. The van der Waals surface area contributed by atoms with Crippen molar-refractivity contribution >= 4 is 22.5 Å². The molecule has 0 spiro atoms. The second-order valence-corrected chi connectivity index (χ2v) is 5.49. The zero-order valence-corrected chi connectivity index (χ0v) is 13.2. The van der Waals surface area contributed by atoms with E-state index in [1.54, 1.807) is 24.3 Å². The molecule has 1 heterocycles. The molecule has 8 heteroatoms. The highest BCUT2D eigenvalue weighted by molar-refractivity contribution is 5.94. The van der Waals surface area contributed by atoms with Crippen LogP contribution in [0.3, 0.4) is 0 Å². The summed E-state index contributed by atoms with van der Waals surface area (Å²) in [5, 5.41) is 12.5. The van der Waals surface area contributed by atoms with Gasteiger partial charge in [-0.25, -0.2) is 0 Å². The normalized spacial score (nSPS) is 11.5. The van der Waals surface area contributed by atoms with Gasteiger partial charge in [0.05, 0.1) is 17.3 Å². The lowest BCUT2D eigenvalue weighted by Crippen LogP contribution is -2.18. The minimum absolute atomic E-state index is 0.224. The highest BCUT2D eigenvalue weighted by Crippen LogP contribution is 2.34. The van der Waals surface area contributed by atoms with E-state index in [0.29, 0.717) is 22.2 Å². The minimum Gasteiger partial charge on any atom is -0.380 e. The molecule has 3 aromatic rings. The number of hydrogen-bond acceptors (Lipinski definition) is 3. The third-order valence-corrected chi connectivity index (χ3v) is 3.79. The molecule has 130 valence electrons. The fourth-order valence-corrected chi connectivity index (χ4v) is 2.53. The molecule has 1 aromatic heterocycles. The van der Waals surface area contributed by atoms with Gasteiger partial charge in [0.15, 0.2) is 0 Å². The third kappa shape index (κ3) is 3.57. The molecule has 0 aliphatic carbocycles. The summed E-state index contributed by atoms with van der Waals surface area (Å²) in [6.45, 7) is 0.270. The summed E-state index contributed by atoms with van der Waals surface area (Å²) in [4.78, 5) is 11.7. The van der Waals surface area contributed by atoms with E-state index in [1.807, 2.05) is 0 Å². The summed E-state index contributed by atoms with van der Waals surface area (Å²) >= 11 is 0. The van der Waals surface area contributed by atoms with E-state index in [-0.39, 0.29) is 12.5 Å². The lowest BCUT2D eigenvalue weighted by molar-refractivity contribution is -0.137. The SMILES string of the molecule is CNC(=O)c1cccc(CNc2cc(C(F)(F)F)cc3[nH]ncc23)c1. The Morgan fingerprint density at radius 3 is 2.76 bits per heavy atom. The van der Waals surface area contributed by atoms with Crippen molar-refractivity contribution in [3.05, 3.63) is 59.3 Å². The first kappa shape index (κ1) is 16.8. The van der Waals surface area contributed by atoms with Gasteiger partial charge in [-0.15, -0.1) is 0 Å². The molecule has 0 aliphatic rings. The van der Waals surface area contributed by atoms with Gasteiger partial charge in [-0.1, -0.05) is 12.1 Å². The Morgan fingerprint density at radius 2 is 2.04 bits per heavy atom. The zero-order chi connectivity index (χ0) is 18.0. The van der Waals surface area contributed by atoms with Crippen molar-refractivity contribution in [1.29, 1.82) is 0 Å². The number of benzene rings is 2. The molecule has 0 atom stereocenters. The topological polar surface area (TPSA) is 69.8 Å². The fraction of sp³-hybridized carbons (Fsp3) is 0.176. The molecular formula is C17H15F3N4O. The molecule has 2 aromatic carbocycles. The summed E-state index contributed by atoms with van der Waals surface area (Å²) in [5.41, 5.74) is 1.13. The van der Waals surface area contributed by atoms with Crippen LogP contribution in [0.4, 0.5) is 18.9 Å². The molecule has 0 saturated carbocycles. The number of nitrogens with one attached hydrogen (secondary N) is 3. The van der Waals surface area contributed by atoms with Crippen molar-refractivity contribution in [2.24, 2.45) is 0 Å². The van der Waals surface area contributed by atoms with Gasteiger partial charge in [0.2, 0.25) is 0 Å². The quantitative estimate of drug-likeness (QED) is 0.675. The summed E-state index contributed by atoms with van der Waals surface area (Å²) < 4.78 is 39.1. The molecular weight excluding hydrogens is 333 g/mol. The van der Waals surface area contributed by atoms with Gasteiger partial charge in [0, 0.05) is 30.2 Å². The maximum absolute atomic E-state index is 13.0. The number of alkyl halides is 3. The molecule has 0 saturated heterocycles. The number of carbonyl (C=O) groups is 1. The molecule has 0 fully saturated rings. The van der Waals surface area contributed by atoms with E-state index in [1.165, 1.54) is 13.2 Å². The number of aromatic amines is 1. The van der Waals surface area contributed by atoms with Crippen LogP contribution in [0.25, 0.3) is 10.9 Å². The molecule has 5 nitrogen and oxygen atoms in total. The molecule has 0 unspecified atom stereocenters. The van der Waals surface area contributed by atoms with Crippen LogP contribution < -0.4 is 10.6 Å². The Labute approximate surface area is 141 Å². The number of nitrogens with zero attached hydrogens (tertiary/aromatic N) is 1. The Kier molecular flexibility index (Phi) is 4.35. The number of rotatable bonds is 4. The van der Waals surface area contributed by atoms with E-state index >= 15 is 0 Å². The van der Waals surface area contributed by atoms with Gasteiger partial charge >= 0.3 is 6.18 Å². The maximum Gasteiger partial charge on any atom is 0.416 e. The van der Waals surface area contributed by atoms with Crippen LogP contribution in [0.5, 0.6) is 0 Å². The van der Waals surface area contributed by atoms with Crippen molar-refractivity contribution in [3.8, 4) is 0 Å². The van der Waals surface area contributed by atoms with Gasteiger partial charge in [-0.05, 0) is 29.8 Å². The number of fused-ring (bicyclic) bond motifs is 1. The number of H-pyrrole nitrogens is 1. The molecule has 0 bridgehead atoms. The van der Waals surface area contributed by atoms with Gasteiger partial charge < -0.3 is 10.6 Å². The first-order valence-electron chi connectivity index (χ1n) is 7.47. The van der Waals surface area contributed by atoms with E-state index in [9.17, 15) is 18.0 Å². The monoisotopic (exact) mass is 348 g/mol. The zero-order valence-electron chi connectivity index (χ0n) is 13.2. The van der Waals surface area contributed by atoms with Crippen LogP contribution in [0, 0.1) is 0 Å². The Hall–Kier alpha value is -3.03. The van der Waals surface area contributed by atoms with Crippen LogP contribution in [0.1, 0.15) is 21.5 Å². The van der Waals surface area contributed by atoms with Gasteiger partial charge in [0.25, 0.3) is 5.91 Å². The first-order chi connectivity index (χ1) is 11.9. The van der Waals surface area contributed by atoms with Crippen molar-refractivity contribution in [2.75, 3.05) is 12.4 Å². The maximum atomic E-state index is 13.0. The van der Waals surface area contributed by atoms with E-state index in [2.05, 4.69) is 20.8 Å². The minimum atomic E-state index is -4.45. The lowest BCUT2D eigenvalue weighted by Gasteiger charge is -2.12. The summed E-state index contributed by atoms with van der Waals surface area (Å²) in [5.74, 6) is -0.224. The molecule has 1 amide bonds. The standard InChI is InChI=1S/C17H15F3N4O/c1-21-16(25)11-4-2-3-10(5-11)8-22-14-6-12(17(18,19)20)7-15-13(14)9-23-24-15/h2-7,9,22H,8H2,1H3,(H,21,25)(H,23,24). The number of carbonyl (C=O) groups excluding carboxylic acids is 1. The Balaban J connectivity index is 1.88. The average Bonchev–Trinajstić information content (AvgIpc) is 3.07. The molecule has 25 heavy (non-hydrogen) atoms. The fourth-order valence-electron chi connectivity index (χ4n) is 2.53. The average molecular weight is 348 g/mol. The smallest absolute Gasteiger partial charge is 0.380 e. The Bertz CT molecular complexity index is 918. The molecule has 0 radical (unpaired) electrons. The van der Waals surface area contributed by atoms with E-state index in [0.717, 1.165) is 17.7 Å². The van der Waals surface area contributed by atoms with Gasteiger partial charge in [-0.3, -0.25) is 9.89 Å². The van der Waals surface area contributed by atoms with E-state index in [4.69, 9.17) is 0 Å². The van der Waals surface area contributed by atoms with Gasteiger partial charge in [-0.2, -0.15) is 18.3 Å². The predicted octanol–water partition coefficient (Wildman–Crippen LogP) is 3.55. The number of anilines is 1. The van der Waals surface area contributed by atoms with Crippen molar-refractivity contribution in [2.45, 2.75) is 12.7 Å². The first-order valence-corrected chi connectivity index (χ1v) is 7.47. The van der Waals surface area contributed by atoms with Crippen LogP contribution in [-0.2, 0) is 12.7 Å². The van der Waals surface area contributed by atoms with Crippen LogP contribution >= 0.6 is 0 Å².